The van der Waals surface area contributed by atoms with E-state index in [1.165, 1.54) is 0 Å². The van der Waals surface area contributed by atoms with Crippen molar-refractivity contribution in [2.45, 2.75) is 51.2 Å². The highest BCUT2D eigenvalue weighted by Crippen LogP contribution is 2.22. The number of nitrogens with one attached hydrogen (secondary N) is 2. The molecule has 5 heteroatoms. The molecule has 0 unspecified atom stereocenters. The van der Waals surface area contributed by atoms with E-state index in [1.807, 2.05) is 20.8 Å². The first-order chi connectivity index (χ1) is 7.87. The number of carbonyl (C=O) groups excluding carboxylic acids is 1. The molecule has 0 aliphatic carbocycles. The minimum atomic E-state index is -0.509. The van der Waals surface area contributed by atoms with Crippen LogP contribution in [0.15, 0.2) is 0 Å². The molecule has 0 aromatic rings. The van der Waals surface area contributed by atoms with Crippen LogP contribution in [0.4, 0.5) is 4.79 Å². The van der Waals surface area contributed by atoms with Gasteiger partial charge in [0.15, 0.2) is 0 Å². The van der Waals surface area contributed by atoms with Crippen LogP contribution in [0.1, 0.15) is 40.0 Å². The van der Waals surface area contributed by atoms with Gasteiger partial charge >= 0.3 is 6.09 Å². The van der Waals surface area contributed by atoms with Gasteiger partial charge in [-0.15, -0.1) is 0 Å². The van der Waals surface area contributed by atoms with E-state index in [-0.39, 0.29) is 0 Å². The van der Waals surface area contributed by atoms with Crippen molar-refractivity contribution in [2.24, 2.45) is 0 Å². The maximum atomic E-state index is 11.7. The molecule has 1 amide bonds. The number of hydrogen-bond donors (Lipinski definition) is 2. The van der Waals surface area contributed by atoms with Gasteiger partial charge in [0, 0.05) is 0 Å². The number of piperidine rings is 1. The Labute approximate surface area is 103 Å². The topological polar surface area (TPSA) is 74.1 Å². The van der Waals surface area contributed by atoms with Crippen molar-refractivity contribution in [3.8, 4) is 6.07 Å². The van der Waals surface area contributed by atoms with Gasteiger partial charge in [0.1, 0.15) is 5.60 Å². The summed E-state index contributed by atoms with van der Waals surface area (Å²) in [6, 6.07) is 2.15. The average Bonchev–Trinajstić information content (AvgIpc) is 2.15. The molecule has 0 bridgehead atoms. The Kier molecular flexibility index (Phi) is 4.35. The Hall–Kier alpha value is -1.28. The lowest BCUT2D eigenvalue weighted by Gasteiger charge is -2.37. The number of nitrogens with zero attached hydrogens (tertiary/aromatic N) is 1. The fourth-order valence-electron chi connectivity index (χ4n) is 1.92. The molecule has 2 N–H and O–H groups in total. The first kappa shape index (κ1) is 13.8. The lowest BCUT2D eigenvalue weighted by molar-refractivity contribution is 0.0433. The number of amides is 1. The van der Waals surface area contributed by atoms with Gasteiger partial charge in [-0.05, 0) is 46.7 Å². The number of alkyl carbamates (subject to hydrolysis) is 1. The molecule has 0 aromatic heterocycles. The Bertz CT molecular complexity index is 309. The van der Waals surface area contributed by atoms with Crippen LogP contribution in [0, 0.1) is 11.3 Å². The lowest BCUT2D eigenvalue weighted by atomic mass is 9.86. The third-order valence-electron chi connectivity index (χ3n) is 2.74. The first-order valence-electron chi connectivity index (χ1n) is 5.96. The predicted molar refractivity (Wildman–Crippen MR) is 64.4 cm³/mol. The van der Waals surface area contributed by atoms with E-state index in [0.29, 0.717) is 6.42 Å². The SMILES string of the molecule is CC(C)(C)OC(=O)NC1(CC#N)CCNCC1. The molecule has 1 fully saturated rings. The third-order valence-corrected chi connectivity index (χ3v) is 2.74. The monoisotopic (exact) mass is 239 g/mol. The molecule has 0 spiro atoms. The highest BCUT2D eigenvalue weighted by Gasteiger charge is 2.34. The summed E-state index contributed by atoms with van der Waals surface area (Å²) in [7, 11) is 0. The van der Waals surface area contributed by atoms with Crippen LogP contribution in [0.5, 0.6) is 0 Å². The molecule has 0 aromatic carbocycles. The second kappa shape index (κ2) is 5.37. The van der Waals surface area contributed by atoms with Gasteiger partial charge < -0.3 is 15.4 Å². The number of nitriles is 1. The van der Waals surface area contributed by atoms with Gasteiger partial charge in [0.25, 0.3) is 0 Å². The predicted octanol–water partition coefficient (Wildman–Crippen LogP) is 1.55. The summed E-state index contributed by atoms with van der Waals surface area (Å²) in [5, 5.41) is 15.0. The highest BCUT2D eigenvalue weighted by atomic mass is 16.6. The van der Waals surface area contributed by atoms with Gasteiger partial charge in [-0.3, -0.25) is 0 Å². The number of hydrogen-bond acceptors (Lipinski definition) is 4. The van der Waals surface area contributed by atoms with E-state index in [0.717, 1.165) is 25.9 Å². The second-order valence-corrected chi connectivity index (χ2v) is 5.49. The van der Waals surface area contributed by atoms with E-state index >= 15 is 0 Å². The third kappa shape index (κ3) is 4.61. The second-order valence-electron chi connectivity index (χ2n) is 5.49. The van der Waals surface area contributed by atoms with Crippen LogP contribution < -0.4 is 10.6 Å². The van der Waals surface area contributed by atoms with E-state index in [4.69, 9.17) is 10.00 Å². The zero-order valence-electron chi connectivity index (χ0n) is 10.8. The Morgan fingerprint density at radius 1 is 1.47 bits per heavy atom. The number of ether oxygens (including phenoxy) is 1. The van der Waals surface area contributed by atoms with E-state index in [1.54, 1.807) is 0 Å². The van der Waals surface area contributed by atoms with Crippen molar-refractivity contribution in [3.05, 3.63) is 0 Å². The minimum absolute atomic E-state index is 0.327. The van der Waals surface area contributed by atoms with Gasteiger partial charge in [-0.1, -0.05) is 0 Å². The molecule has 1 aliphatic heterocycles. The summed E-state index contributed by atoms with van der Waals surface area (Å²) in [4.78, 5) is 11.7. The molecule has 1 aliphatic rings. The van der Waals surface area contributed by atoms with Gasteiger partial charge in [0.05, 0.1) is 18.0 Å². The van der Waals surface area contributed by atoms with Gasteiger partial charge in [0.2, 0.25) is 0 Å². The number of rotatable bonds is 2. The molecule has 5 nitrogen and oxygen atoms in total. The van der Waals surface area contributed by atoms with Crippen molar-refractivity contribution < 1.29 is 9.53 Å². The quantitative estimate of drug-likeness (QED) is 0.766. The Morgan fingerprint density at radius 2 is 2.06 bits per heavy atom. The van der Waals surface area contributed by atoms with E-state index < -0.39 is 17.2 Å². The van der Waals surface area contributed by atoms with Crippen LogP contribution in [0.3, 0.4) is 0 Å². The molecule has 0 saturated carbocycles. The van der Waals surface area contributed by atoms with Crippen molar-refractivity contribution in [2.75, 3.05) is 13.1 Å². The molecule has 96 valence electrons. The van der Waals surface area contributed by atoms with Crippen LogP contribution in [-0.4, -0.2) is 30.3 Å². The summed E-state index contributed by atoms with van der Waals surface area (Å²) >= 11 is 0. The Balaban J connectivity index is 2.61. The van der Waals surface area contributed by atoms with Gasteiger partial charge in [-0.2, -0.15) is 5.26 Å². The molecule has 0 atom stereocenters. The highest BCUT2D eigenvalue weighted by molar-refractivity contribution is 5.68. The fourth-order valence-corrected chi connectivity index (χ4v) is 1.92. The normalized spacial score (nSPS) is 19.2. The maximum absolute atomic E-state index is 11.7. The largest absolute Gasteiger partial charge is 0.444 e. The van der Waals surface area contributed by atoms with Crippen molar-refractivity contribution in [1.82, 2.24) is 10.6 Å². The van der Waals surface area contributed by atoms with E-state index in [2.05, 4.69) is 16.7 Å². The molecule has 0 radical (unpaired) electrons. The van der Waals surface area contributed by atoms with Crippen LogP contribution in [0.2, 0.25) is 0 Å². The fraction of sp³-hybridized carbons (Fsp3) is 0.833. The Morgan fingerprint density at radius 3 is 2.53 bits per heavy atom. The molecule has 17 heavy (non-hydrogen) atoms. The smallest absolute Gasteiger partial charge is 0.408 e. The van der Waals surface area contributed by atoms with Crippen LogP contribution in [-0.2, 0) is 4.74 Å². The molecule has 1 heterocycles. The molecule has 1 saturated heterocycles. The zero-order chi connectivity index (χ0) is 12.9. The molecular weight excluding hydrogens is 218 g/mol. The van der Waals surface area contributed by atoms with Crippen LogP contribution >= 0.6 is 0 Å². The first-order valence-corrected chi connectivity index (χ1v) is 5.96. The van der Waals surface area contributed by atoms with Crippen molar-refractivity contribution in [1.29, 1.82) is 5.26 Å². The summed E-state index contributed by atoms with van der Waals surface area (Å²) in [6.45, 7) is 7.11. The van der Waals surface area contributed by atoms with Crippen LogP contribution in [0.25, 0.3) is 0 Å². The standard InChI is InChI=1S/C12H21N3O2/c1-11(2,3)17-10(16)15-12(4-7-13)5-8-14-9-6-12/h14H,4-6,8-9H2,1-3H3,(H,15,16). The van der Waals surface area contributed by atoms with E-state index in [9.17, 15) is 4.79 Å². The summed E-state index contributed by atoms with van der Waals surface area (Å²) < 4.78 is 5.23. The van der Waals surface area contributed by atoms with Crippen molar-refractivity contribution >= 4 is 6.09 Å². The summed E-state index contributed by atoms with van der Waals surface area (Å²) in [5.41, 5.74) is -0.937. The maximum Gasteiger partial charge on any atom is 0.408 e. The lowest BCUT2D eigenvalue weighted by Crippen LogP contribution is -2.55. The summed E-state index contributed by atoms with van der Waals surface area (Å²) in [5.74, 6) is 0. The zero-order valence-corrected chi connectivity index (χ0v) is 10.8. The molecule has 1 rings (SSSR count). The van der Waals surface area contributed by atoms with Crippen molar-refractivity contribution in [3.63, 3.8) is 0 Å². The minimum Gasteiger partial charge on any atom is -0.444 e. The summed E-state index contributed by atoms with van der Waals surface area (Å²) in [6.07, 6.45) is 1.42. The average molecular weight is 239 g/mol. The van der Waals surface area contributed by atoms with Gasteiger partial charge in [-0.25, -0.2) is 4.79 Å². The number of carbonyl (C=O) groups is 1. The molecular formula is C12H21N3O2.